The highest BCUT2D eigenvalue weighted by atomic mass is 16.3. The second-order valence-electron chi connectivity index (χ2n) is 2.24. The van der Waals surface area contributed by atoms with Gasteiger partial charge in [0.2, 0.25) is 0 Å². The van der Waals surface area contributed by atoms with E-state index in [4.69, 9.17) is 5.11 Å². The zero-order valence-electron chi connectivity index (χ0n) is 6.18. The monoisotopic (exact) mass is 160 g/mol. The van der Waals surface area contributed by atoms with Crippen LogP contribution in [0.3, 0.4) is 0 Å². The molecule has 2 aromatic rings. The van der Waals surface area contributed by atoms with Gasteiger partial charge in [0.25, 0.3) is 0 Å². The molecule has 1 aromatic heterocycles. The first-order chi connectivity index (χ1) is 5.86. The molecule has 4 nitrogen and oxygen atoms in total. The van der Waals surface area contributed by atoms with E-state index in [0.29, 0.717) is 5.69 Å². The summed E-state index contributed by atoms with van der Waals surface area (Å²) in [5, 5.41) is 16.9. The maximum absolute atomic E-state index is 9.09. The topological polar surface area (TPSA) is 50.9 Å². The molecular weight excluding hydrogens is 154 g/mol. The maximum atomic E-state index is 9.09. The van der Waals surface area contributed by atoms with Crippen molar-refractivity contribution in [3.63, 3.8) is 0 Å². The molecule has 0 unspecified atom stereocenters. The second-order valence-corrected chi connectivity index (χ2v) is 2.24. The van der Waals surface area contributed by atoms with Gasteiger partial charge in [0, 0.05) is 0 Å². The molecule has 1 heterocycles. The quantitative estimate of drug-likeness (QED) is 0.670. The Bertz CT molecular complexity index is 370. The Morgan fingerprint density at radius 2 is 2.00 bits per heavy atom. The van der Waals surface area contributed by atoms with E-state index in [1.807, 2.05) is 0 Å². The molecule has 59 valence electrons. The van der Waals surface area contributed by atoms with Crippen molar-refractivity contribution in [3.05, 3.63) is 36.7 Å². The van der Waals surface area contributed by atoms with Gasteiger partial charge in [-0.1, -0.05) is 6.07 Å². The molecule has 2 rings (SSSR count). The standard InChI is InChI=1S/C8H6N3O/c12-8-3-1-2-7(6-8)11-9-4-5-10-11/h1-5,12H. The average Bonchev–Trinajstić information content (AvgIpc) is 2.56. The Hall–Kier alpha value is -1.84. The summed E-state index contributed by atoms with van der Waals surface area (Å²) < 4.78 is 0. The molecule has 1 radical (unpaired) electrons. The van der Waals surface area contributed by atoms with Crippen LogP contribution in [-0.4, -0.2) is 20.1 Å². The van der Waals surface area contributed by atoms with Crippen LogP contribution in [-0.2, 0) is 0 Å². The molecule has 0 saturated carbocycles. The van der Waals surface area contributed by atoms with E-state index >= 15 is 0 Å². The third-order valence-corrected chi connectivity index (χ3v) is 1.40. The summed E-state index contributed by atoms with van der Waals surface area (Å²) in [6.07, 6.45) is 3.13. The van der Waals surface area contributed by atoms with Crippen molar-refractivity contribution < 1.29 is 5.11 Å². The van der Waals surface area contributed by atoms with Gasteiger partial charge < -0.3 is 5.11 Å². The molecular formula is C8H6N3O. The van der Waals surface area contributed by atoms with Gasteiger partial charge in [-0.05, 0) is 12.1 Å². The predicted molar refractivity (Wildman–Crippen MR) is 41.9 cm³/mol. The van der Waals surface area contributed by atoms with Crippen LogP contribution in [0.1, 0.15) is 0 Å². The summed E-state index contributed by atoms with van der Waals surface area (Å²) in [6.45, 7) is 0. The number of aromatic nitrogens is 3. The largest absolute Gasteiger partial charge is 0.507 e. The van der Waals surface area contributed by atoms with E-state index in [1.165, 1.54) is 4.80 Å². The highest BCUT2D eigenvalue weighted by molar-refractivity contribution is 5.34. The van der Waals surface area contributed by atoms with Crippen molar-refractivity contribution in [1.29, 1.82) is 0 Å². The molecule has 1 aromatic carbocycles. The minimum atomic E-state index is 0.0878. The van der Waals surface area contributed by atoms with E-state index in [9.17, 15) is 0 Å². The summed E-state index contributed by atoms with van der Waals surface area (Å²) in [5.41, 5.74) is 0.625. The second kappa shape index (κ2) is 2.65. The fourth-order valence-corrected chi connectivity index (χ4v) is 0.902. The minimum Gasteiger partial charge on any atom is -0.507 e. The van der Waals surface area contributed by atoms with E-state index in [1.54, 1.807) is 30.6 Å². The van der Waals surface area contributed by atoms with E-state index in [2.05, 4.69) is 16.3 Å². The van der Waals surface area contributed by atoms with Gasteiger partial charge in [-0.25, -0.2) is 0 Å². The molecule has 0 fully saturated rings. The molecule has 0 aliphatic carbocycles. The molecule has 0 amide bonds. The molecule has 0 spiro atoms. The molecule has 1 N–H and O–H groups in total. The van der Waals surface area contributed by atoms with Gasteiger partial charge in [-0.3, -0.25) is 0 Å². The van der Waals surface area contributed by atoms with Crippen molar-refractivity contribution in [1.82, 2.24) is 15.0 Å². The summed E-state index contributed by atoms with van der Waals surface area (Å²) in [4.78, 5) is 1.39. The highest BCUT2D eigenvalue weighted by Gasteiger charge is 1.97. The zero-order chi connectivity index (χ0) is 8.39. The Balaban J connectivity index is 2.48. The van der Waals surface area contributed by atoms with Gasteiger partial charge in [0.1, 0.15) is 5.75 Å². The molecule has 4 heteroatoms. The van der Waals surface area contributed by atoms with Gasteiger partial charge >= 0.3 is 0 Å². The predicted octanol–water partition coefficient (Wildman–Crippen LogP) is 0.773. The smallest absolute Gasteiger partial charge is 0.125 e. The highest BCUT2D eigenvalue weighted by Crippen LogP contribution is 2.11. The summed E-state index contributed by atoms with van der Waals surface area (Å²) in [7, 11) is 0. The first-order valence-electron chi connectivity index (χ1n) is 3.44. The van der Waals surface area contributed by atoms with Crippen LogP contribution in [0.25, 0.3) is 5.69 Å². The Labute approximate surface area is 69.1 Å². The van der Waals surface area contributed by atoms with E-state index < -0.39 is 0 Å². The molecule has 0 saturated heterocycles. The third kappa shape index (κ3) is 1.14. The average molecular weight is 160 g/mol. The van der Waals surface area contributed by atoms with Crippen LogP contribution >= 0.6 is 0 Å². The van der Waals surface area contributed by atoms with Crippen LogP contribution in [0.5, 0.6) is 5.75 Å². The summed E-state index contributed by atoms with van der Waals surface area (Å²) in [6, 6.07) is 7.73. The van der Waals surface area contributed by atoms with Gasteiger partial charge in [-0.2, -0.15) is 15.0 Å². The Kier molecular flexibility index (Phi) is 1.51. The van der Waals surface area contributed by atoms with Crippen LogP contribution in [0, 0.1) is 6.07 Å². The van der Waals surface area contributed by atoms with Gasteiger partial charge in [0.05, 0.1) is 24.1 Å². The number of phenolic OH excluding ortho intramolecular Hbond substituents is 1. The van der Waals surface area contributed by atoms with Crippen LogP contribution < -0.4 is 0 Å². The third-order valence-electron chi connectivity index (χ3n) is 1.40. The number of hydrogen-bond acceptors (Lipinski definition) is 3. The minimum absolute atomic E-state index is 0.0878. The summed E-state index contributed by atoms with van der Waals surface area (Å²) >= 11 is 0. The molecule has 12 heavy (non-hydrogen) atoms. The normalized spacial score (nSPS) is 10.0. The fourth-order valence-electron chi connectivity index (χ4n) is 0.902. The number of nitrogens with zero attached hydrogens (tertiary/aromatic N) is 3. The number of benzene rings is 1. The van der Waals surface area contributed by atoms with Crippen molar-refractivity contribution in [2.24, 2.45) is 0 Å². The van der Waals surface area contributed by atoms with Gasteiger partial charge in [0.15, 0.2) is 0 Å². The van der Waals surface area contributed by atoms with Crippen molar-refractivity contribution in [3.8, 4) is 11.4 Å². The molecule has 0 aliphatic rings. The van der Waals surface area contributed by atoms with Crippen LogP contribution in [0.4, 0.5) is 0 Å². The first-order valence-corrected chi connectivity index (χ1v) is 3.44. The number of aromatic hydroxyl groups is 1. The Morgan fingerprint density at radius 3 is 2.67 bits per heavy atom. The number of rotatable bonds is 1. The number of hydrogen-bond donors (Lipinski definition) is 1. The zero-order valence-corrected chi connectivity index (χ0v) is 6.18. The molecule has 0 bridgehead atoms. The van der Waals surface area contributed by atoms with Crippen LogP contribution in [0.2, 0.25) is 0 Å². The Morgan fingerprint density at radius 1 is 1.25 bits per heavy atom. The van der Waals surface area contributed by atoms with Gasteiger partial charge in [-0.15, -0.1) is 0 Å². The van der Waals surface area contributed by atoms with Crippen molar-refractivity contribution in [2.45, 2.75) is 0 Å². The first kappa shape index (κ1) is 6.84. The fraction of sp³-hybridized carbons (Fsp3) is 0. The van der Waals surface area contributed by atoms with E-state index in [0.717, 1.165) is 0 Å². The molecule has 0 atom stereocenters. The molecule has 0 aliphatic heterocycles. The van der Waals surface area contributed by atoms with Crippen LogP contribution in [0.15, 0.2) is 30.6 Å². The lowest BCUT2D eigenvalue weighted by Crippen LogP contribution is -1.97. The van der Waals surface area contributed by atoms with E-state index in [-0.39, 0.29) is 5.75 Å². The summed E-state index contributed by atoms with van der Waals surface area (Å²) in [5.74, 6) is 0.0878. The lowest BCUT2D eigenvalue weighted by Gasteiger charge is -1.97. The van der Waals surface area contributed by atoms with Crippen molar-refractivity contribution >= 4 is 0 Å². The SMILES string of the molecule is Oc1[c]c(-n2nccn2)ccc1. The van der Waals surface area contributed by atoms with Crippen molar-refractivity contribution in [2.75, 3.05) is 0 Å². The maximum Gasteiger partial charge on any atom is 0.125 e. The lowest BCUT2D eigenvalue weighted by molar-refractivity contribution is 0.473. The number of phenols is 1. The lowest BCUT2D eigenvalue weighted by atomic mass is 10.3.